The Morgan fingerprint density at radius 1 is 1.14 bits per heavy atom. The minimum absolute atomic E-state index is 0.00793. The van der Waals surface area contributed by atoms with Gasteiger partial charge in [0, 0.05) is 0 Å². The minimum atomic E-state index is -0.457. The summed E-state index contributed by atoms with van der Waals surface area (Å²) in [6, 6.07) is 7.40. The zero-order chi connectivity index (χ0) is 15.9. The number of methoxy groups -OCH3 is 1. The predicted octanol–water partition coefficient (Wildman–Crippen LogP) is 3.84. The van der Waals surface area contributed by atoms with Crippen LogP contribution in [0.25, 0.3) is 0 Å². The molecule has 0 aromatic heterocycles. The van der Waals surface area contributed by atoms with Crippen LogP contribution in [0.1, 0.15) is 57.1 Å². The van der Waals surface area contributed by atoms with E-state index in [0.717, 1.165) is 37.0 Å². The molecule has 4 heteroatoms. The Kier molecular flexibility index (Phi) is 5.99. The maximum absolute atomic E-state index is 12.2. The fraction of sp³-hybridized carbons (Fsp3) is 0.556. The van der Waals surface area contributed by atoms with Gasteiger partial charge in [-0.2, -0.15) is 0 Å². The Labute approximate surface area is 131 Å². The summed E-state index contributed by atoms with van der Waals surface area (Å²) in [4.78, 5) is 23.9. The van der Waals surface area contributed by atoms with Crippen LogP contribution in [0.2, 0.25) is 0 Å². The molecule has 0 saturated carbocycles. The molecular weight excluding hydrogens is 280 g/mol. The molecule has 22 heavy (non-hydrogen) atoms. The lowest BCUT2D eigenvalue weighted by Gasteiger charge is -2.30. The van der Waals surface area contributed by atoms with Gasteiger partial charge in [-0.05, 0) is 24.1 Å². The molecular formula is C18H24O4. The van der Waals surface area contributed by atoms with Gasteiger partial charge in [0.1, 0.15) is 18.3 Å². The Morgan fingerprint density at radius 2 is 1.86 bits per heavy atom. The zero-order valence-electron chi connectivity index (χ0n) is 13.3. The first-order valence-corrected chi connectivity index (χ1v) is 8.01. The van der Waals surface area contributed by atoms with Gasteiger partial charge >= 0.3 is 5.97 Å². The van der Waals surface area contributed by atoms with Gasteiger partial charge < -0.3 is 9.47 Å². The molecule has 0 N–H and O–H groups in total. The van der Waals surface area contributed by atoms with Crippen LogP contribution in [0.15, 0.2) is 24.3 Å². The molecule has 0 radical (unpaired) electrons. The molecule has 1 saturated heterocycles. The number of cyclic esters (lactones) is 1. The third-order valence-corrected chi connectivity index (χ3v) is 4.17. The second-order valence-electron chi connectivity index (χ2n) is 5.78. The smallest absolute Gasteiger partial charge is 0.313 e. The first kappa shape index (κ1) is 16.5. The van der Waals surface area contributed by atoms with Crippen LogP contribution in [0.3, 0.4) is 0 Å². The van der Waals surface area contributed by atoms with Gasteiger partial charge in [-0.15, -0.1) is 0 Å². The van der Waals surface area contributed by atoms with Crippen LogP contribution in [0, 0.1) is 5.92 Å². The Bertz CT molecular complexity index is 506. The number of ketones is 1. The topological polar surface area (TPSA) is 52.6 Å². The second-order valence-corrected chi connectivity index (χ2v) is 5.78. The van der Waals surface area contributed by atoms with Crippen molar-refractivity contribution in [1.82, 2.24) is 0 Å². The lowest BCUT2D eigenvalue weighted by Crippen LogP contribution is -2.34. The maximum atomic E-state index is 12.2. The van der Waals surface area contributed by atoms with E-state index in [4.69, 9.17) is 9.47 Å². The largest absolute Gasteiger partial charge is 0.497 e. The van der Waals surface area contributed by atoms with Crippen LogP contribution in [-0.2, 0) is 14.3 Å². The second kappa shape index (κ2) is 7.97. The van der Waals surface area contributed by atoms with Crippen molar-refractivity contribution in [2.45, 2.75) is 51.6 Å². The maximum Gasteiger partial charge on any atom is 0.313 e. The van der Waals surface area contributed by atoms with E-state index in [-0.39, 0.29) is 18.1 Å². The Morgan fingerprint density at radius 3 is 2.50 bits per heavy atom. The third-order valence-electron chi connectivity index (χ3n) is 4.17. The Hall–Kier alpha value is -1.84. The van der Waals surface area contributed by atoms with Gasteiger partial charge in [0.2, 0.25) is 0 Å². The van der Waals surface area contributed by atoms with Crippen molar-refractivity contribution in [3.05, 3.63) is 29.8 Å². The molecule has 2 atom stereocenters. The normalized spacial score (nSPS) is 21.5. The van der Waals surface area contributed by atoms with Crippen molar-refractivity contribution in [3.63, 3.8) is 0 Å². The Balaban J connectivity index is 2.11. The van der Waals surface area contributed by atoms with Crippen LogP contribution < -0.4 is 4.74 Å². The van der Waals surface area contributed by atoms with Gasteiger partial charge in [0.05, 0.1) is 13.0 Å². The number of hydrogen-bond acceptors (Lipinski definition) is 4. The summed E-state index contributed by atoms with van der Waals surface area (Å²) in [7, 11) is 1.61. The van der Waals surface area contributed by atoms with Crippen molar-refractivity contribution in [2.24, 2.45) is 5.92 Å². The number of hydrogen-bond donors (Lipinski definition) is 0. The van der Waals surface area contributed by atoms with E-state index < -0.39 is 12.1 Å². The van der Waals surface area contributed by atoms with Crippen LogP contribution in [0.5, 0.6) is 5.75 Å². The first-order valence-electron chi connectivity index (χ1n) is 8.01. The molecule has 0 aliphatic carbocycles. The first-order chi connectivity index (χ1) is 10.7. The highest BCUT2D eigenvalue weighted by Gasteiger charge is 2.37. The van der Waals surface area contributed by atoms with Gasteiger partial charge in [0.15, 0.2) is 5.78 Å². The van der Waals surface area contributed by atoms with Crippen LogP contribution >= 0.6 is 0 Å². The van der Waals surface area contributed by atoms with Crippen molar-refractivity contribution in [3.8, 4) is 5.75 Å². The molecule has 4 nitrogen and oxygen atoms in total. The quantitative estimate of drug-likeness (QED) is 0.436. The molecule has 1 heterocycles. The van der Waals surface area contributed by atoms with E-state index in [2.05, 4.69) is 6.92 Å². The molecule has 2 rings (SSSR count). The van der Waals surface area contributed by atoms with Crippen molar-refractivity contribution in [2.75, 3.05) is 7.11 Å². The molecule has 0 unspecified atom stereocenters. The summed E-state index contributed by atoms with van der Waals surface area (Å²) in [5, 5.41) is 0. The molecule has 0 spiro atoms. The number of benzene rings is 1. The number of rotatable bonds is 7. The monoisotopic (exact) mass is 304 g/mol. The van der Waals surface area contributed by atoms with Crippen LogP contribution in [0.4, 0.5) is 0 Å². The number of ether oxygens (including phenoxy) is 2. The summed E-state index contributed by atoms with van der Waals surface area (Å²) in [6.07, 6.45) is 4.68. The predicted molar refractivity (Wildman–Crippen MR) is 83.7 cm³/mol. The average Bonchev–Trinajstić information content (AvgIpc) is 2.53. The number of unbranched alkanes of at least 4 members (excludes halogenated alkanes) is 3. The highest BCUT2D eigenvalue weighted by molar-refractivity contribution is 5.99. The average molecular weight is 304 g/mol. The number of esters is 1. The highest BCUT2D eigenvalue weighted by atomic mass is 16.5. The van der Waals surface area contributed by atoms with E-state index in [1.807, 2.05) is 24.3 Å². The van der Waals surface area contributed by atoms with E-state index >= 15 is 0 Å². The fourth-order valence-electron chi connectivity index (χ4n) is 2.90. The van der Waals surface area contributed by atoms with E-state index in [1.165, 1.54) is 6.42 Å². The van der Waals surface area contributed by atoms with Gasteiger partial charge in [-0.25, -0.2) is 0 Å². The zero-order valence-corrected chi connectivity index (χ0v) is 13.3. The lowest BCUT2D eigenvalue weighted by atomic mass is 9.84. The van der Waals surface area contributed by atoms with Gasteiger partial charge in [-0.1, -0.05) is 44.7 Å². The summed E-state index contributed by atoms with van der Waals surface area (Å²) in [5.74, 6) is 0.115. The SMILES string of the molecule is CCCCCC[C@@H]1C(=O)CC(=O)O[C@H]1c1ccc(OC)cc1. The molecule has 1 aromatic rings. The molecule has 1 fully saturated rings. The van der Waals surface area contributed by atoms with Gasteiger partial charge in [-0.3, -0.25) is 9.59 Å². The molecule has 1 aliphatic heterocycles. The fourth-order valence-corrected chi connectivity index (χ4v) is 2.90. The summed E-state index contributed by atoms with van der Waals surface area (Å²) in [5.41, 5.74) is 0.864. The summed E-state index contributed by atoms with van der Waals surface area (Å²) in [6.45, 7) is 2.16. The van der Waals surface area contributed by atoms with Crippen LogP contribution in [-0.4, -0.2) is 18.9 Å². The van der Waals surface area contributed by atoms with Crippen molar-refractivity contribution >= 4 is 11.8 Å². The summed E-state index contributed by atoms with van der Waals surface area (Å²) >= 11 is 0. The standard InChI is InChI=1S/C18H24O4/c1-3-4-5-6-7-15-16(19)12-17(20)22-18(15)13-8-10-14(21-2)11-9-13/h8-11,15,18H,3-7,12H2,1-2H3/t15-,18+/m1/s1. The minimum Gasteiger partial charge on any atom is -0.497 e. The molecule has 1 aromatic carbocycles. The van der Waals surface area contributed by atoms with E-state index in [0.29, 0.717) is 0 Å². The van der Waals surface area contributed by atoms with E-state index in [1.54, 1.807) is 7.11 Å². The number of carbonyl (C=O) groups is 2. The molecule has 1 aliphatic rings. The summed E-state index contributed by atoms with van der Waals surface area (Å²) < 4.78 is 10.6. The van der Waals surface area contributed by atoms with E-state index in [9.17, 15) is 9.59 Å². The highest BCUT2D eigenvalue weighted by Crippen LogP contribution is 2.36. The van der Waals surface area contributed by atoms with Crippen molar-refractivity contribution in [1.29, 1.82) is 0 Å². The molecule has 120 valence electrons. The molecule has 0 bridgehead atoms. The lowest BCUT2D eigenvalue weighted by molar-refractivity contribution is -0.164. The third kappa shape index (κ3) is 4.09. The van der Waals surface area contributed by atoms with Gasteiger partial charge in [0.25, 0.3) is 0 Å². The van der Waals surface area contributed by atoms with Crippen molar-refractivity contribution < 1.29 is 19.1 Å². The number of Topliss-reactive ketones (excluding diaryl/α,β-unsaturated/α-hetero) is 1. The molecule has 0 amide bonds. The number of carbonyl (C=O) groups excluding carboxylic acids is 2.